The lowest BCUT2D eigenvalue weighted by Gasteiger charge is -2.41. The van der Waals surface area contributed by atoms with Gasteiger partial charge >= 0.3 is 0 Å². The smallest absolute Gasteiger partial charge is 0.191 e. The van der Waals surface area contributed by atoms with Crippen LogP contribution in [0.15, 0.2) is 29.3 Å². The number of hydrogen-bond acceptors (Lipinski definition) is 4. The van der Waals surface area contributed by atoms with Crippen molar-refractivity contribution in [1.82, 2.24) is 15.5 Å². The van der Waals surface area contributed by atoms with Crippen molar-refractivity contribution in [2.45, 2.75) is 70.7 Å². The molecule has 0 aliphatic carbocycles. The predicted octanol–water partition coefficient (Wildman–Crippen LogP) is 3.31. The molecule has 0 unspecified atom stereocenters. The summed E-state index contributed by atoms with van der Waals surface area (Å²) in [5.41, 5.74) is 2.58. The first-order valence-corrected chi connectivity index (χ1v) is 11.5. The van der Waals surface area contributed by atoms with Crippen LogP contribution >= 0.6 is 0 Å². The fourth-order valence-electron chi connectivity index (χ4n) is 4.20. The van der Waals surface area contributed by atoms with E-state index in [9.17, 15) is 0 Å². The van der Waals surface area contributed by atoms with Gasteiger partial charge in [-0.25, -0.2) is 0 Å². The highest BCUT2D eigenvalue weighted by atomic mass is 16.5. The fraction of sp³-hybridized carbons (Fsp3) is 0.708. The number of likely N-dealkylation sites (tertiary alicyclic amines) is 1. The van der Waals surface area contributed by atoms with E-state index in [4.69, 9.17) is 9.47 Å². The molecule has 6 heteroatoms. The molecule has 2 aliphatic heterocycles. The molecule has 6 nitrogen and oxygen atoms in total. The molecule has 2 heterocycles. The molecule has 168 valence electrons. The quantitative estimate of drug-likeness (QED) is 0.503. The zero-order valence-corrected chi connectivity index (χ0v) is 19.1. The Morgan fingerprint density at radius 2 is 1.87 bits per heavy atom. The number of benzene rings is 1. The monoisotopic (exact) mass is 416 g/mol. The van der Waals surface area contributed by atoms with Gasteiger partial charge in [0.1, 0.15) is 0 Å². The number of nitrogens with zero attached hydrogens (tertiary/aromatic N) is 2. The molecule has 0 atom stereocenters. The van der Waals surface area contributed by atoms with Crippen LogP contribution in [0.2, 0.25) is 0 Å². The molecule has 0 aromatic heterocycles. The second kappa shape index (κ2) is 11.7. The van der Waals surface area contributed by atoms with Crippen LogP contribution in [0.5, 0.6) is 0 Å². The highest BCUT2D eigenvalue weighted by Gasteiger charge is 2.27. The third-order valence-electron chi connectivity index (χ3n) is 6.23. The third-order valence-corrected chi connectivity index (χ3v) is 6.23. The Morgan fingerprint density at radius 1 is 1.13 bits per heavy atom. The minimum atomic E-state index is 0.124. The summed E-state index contributed by atoms with van der Waals surface area (Å²) in [5.74, 6) is 0.851. The summed E-state index contributed by atoms with van der Waals surface area (Å²) in [4.78, 5) is 7.01. The van der Waals surface area contributed by atoms with Crippen molar-refractivity contribution in [3.8, 4) is 0 Å². The van der Waals surface area contributed by atoms with E-state index in [0.29, 0.717) is 12.7 Å². The minimum absolute atomic E-state index is 0.124. The van der Waals surface area contributed by atoms with E-state index >= 15 is 0 Å². The summed E-state index contributed by atoms with van der Waals surface area (Å²) >= 11 is 0. The number of ether oxygens (including phenoxy) is 2. The van der Waals surface area contributed by atoms with Gasteiger partial charge in [-0.1, -0.05) is 30.7 Å². The SMILES string of the molecule is CN=C(NCc1cccc(COC2CCOCC2)c1)NCC(C)(C)N1CCCCC1. The largest absolute Gasteiger partial charge is 0.381 e. The normalized spacial score (nSPS) is 19.6. The highest BCUT2D eigenvalue weighted by Crippen LogP contribution is 2.20. The van der Waals surface area contributed by atoms with Crippen molar-refractivity contribution in [1.29, 1.82) is 0 Å². The Labute approximate surface area is 182 Å². The zero-order valence-electron chi connectivity index (χ0n) is 19.1. The minimum Gasteiger partial charge on any atom is -0.381 e. The molecule has 1 aromatic rings. The predicted molar refractivity (Wildman–Crippen MR) is 123 cm³/mol. The van der Waals surface area contributed by atoms with Crippen LogP contribution in [0.25, 0.3) is 0 Å². The molecular formula is C24H40N4O2. The molecule has 0 amide bonds. The summed E-state index contributed by atoms with van der Waals surface area (Å²) < 4.78 is 11.5. The molecule has 2 N–H and O–H groups in total. The van der Waals surface area contributed by atoms with Crippen LogP contribution in [0.4, 0.5) is 0 Å². The topological polar surface area (TPSA) is 58.1 Å². The molecule has 2 saturated heterocycles. The van der Waals surface area contributed by atoms with E-state index in [0.717, 1.165) is 45.1 Å². The summed E-state index contributed by atoms with van der Waals surface area (Å²) in [6, 6.07) is 8.61. The lowest BCUT2D eigenvalue weighted by atomic mass is 9.98. The Hall–Kier alpha value is -1.63. The molecule has 3 rings (SSSR count). The first kappa shape index (κ1) is 23.0. The Kier molecular flexibility index (Phi) is 8.97. The van der Waals surface area contributed by atoms with Gasteiger partial charge in [0.15, 0.2) is 5.96 Å². The van der Waals surface area contributed by atoms with E-state index in [1.54, 1.807) is 0 Å². The van der Waals surface area contributed by atoms with Crippen molar-refractivity contribution in [2.24, 2.45) is 4.99 Å². The Balaban J connectivity index is 1.43. The number of hydrogen-bond donors (Lipinski definition) is 2. The fourth-order valence-corrected chi connectivity index (χ4v) is 4.20. The number of rotatable bonds is 8. The first-order valence-electron chi connectivity index (χ1n) is 11.5. The molecule has 0 saturated carbocycles. The number of piperidine rings is 1. The maximum Gasteiger partial charge on any atom is 0.191 e. The van der Waals surface area contributed by atoms with Gasteiger partial charge in [-0.05, 0) is 63.7 Å². The van der Waals surface area contributed by atoms with Crippen molar-refractivity contribution in [3.05, 3.63) is 35.4 Å². The number of nitrogens with one attached hydrogen (secondary N) is 2. The summed E-state index contributed by atoms with van der Waals surface area (Å²) in [6.45, 7) is 11.0. The van der Waals surface area contributed by atoms with Gasteiger partial charge in [0.05, 0.1) is 12.7 Å². The van der Waals surface area contributed by atoms with Gasteiger partial charge in [-0.15, -0.1) is 0 Å². The maximum absolute atomic E-state index is 6.06. The second-order valence-corrected chi connectivity index (χ2v) is 9.08. The molecule has 2 aliphatic rings. The van der Waals surface area contributed by atoms with Crippen LogP contribution in [0, 0.1) is 0 Å². The summed E-state index contributed by atoms with van der Waals surface area (Å²) in [7, 11) is 1.83. The molecule has 0 radical (unpaired) electrons. The standard InChI is InChI=1S/C24H40N4O2/c1-24(2,28-12-5-4-6-13-28)19-27-23(25-3)26-17-20-8-7-9-21(16-20)18-30-22-10-14-29-15-11-22/h7-9,16,22H,4-6,10-15,17-19H2,1-3H3,(H2,25,26,27). The van der Waals surface area contributed by atoms with Crippen molar-refractivity contribution in [3.63, 3.8) is 0 Å². The molecule has 1 aromatic carbocycles. The van der Waals surface area contributed by atoms with Crippen molar-refractivity contribution < 1.29 is 9.47 Å². The average Bonchev–Trinajstić information content (AvgIpc) is 2.79. The van der Waals surface area contributed by atoms with Crippen LogP contribution in [0.3, 0.4) is 0 Å². The molecule has 30 heavy (non-hydrogen) atoms. The molecule has 0 spiro atoms. The second-order valence-electron chi connectivity index (χ2n) is 9.08. The first-order chi connectivity index (χ1) is 14.6. The van der Waals surface area contributed by atoms with Gasteiger partial charge in [-0.2, -0.15) is 0 Å². The van der Waals surface area contributed by atoms with Crippen LogP contribution in [0.1, 0.15) is 57.1 Å². The van der Waals surface area contributed by atoms with Crippen LogP contribution in [-0.2, 0) is 22.6 Å². The van der Waals surface area contributed by atoms with E-state index in [1.807, 2.05) is 7.05 Å². The zero-order chi connectivity index (χ0) is 21.2. The van der Waals surface area contributed by atoms with Gasteiger partial charge in [0.2, 0.25) is 0 Å². The van der Waals surface area contributed by atoms with E-state index in [2.05, 4.69) is 58.6 Å². The maximum atomic E-state index is 6.06. The van der Waals surface area contributed by atoms with Crippen LogP contribution < -0.4 is 10.6 Å². The number of aliphatic imine (C=N–C) groups is 1. The van der Waals surface area contributed by atoms with E-state index in [1.165, 1.54) is 43.5 Å². The average molecular weight is 417 g/mol. The molecule has 0 bridgehead atoms. The lowest BCUT2D eigenvalue weighted by Crippen LogP contribution is -2.54. The molecular weight excluding hydrogens is 376 g/mol. The van der Waals surface area contributed by atoms with Gasteiger partial charge in [-0.3, -0.25) is 9.89 Å². The molecule has 2 fully saturated rings. The van der Waals surface area contributed by atoms with Crippen molar-refractivity contribution >= 4 is 5.96 Å². The van der Waals surface area contributed by atoms with Gasteiger partial charge in [0.25, 0.3) is 0 Å². The summed E-state index contributed by atoms with van der Waals surface area (Å²) in [5, 5.41) is 6.98. The van der Waals surface area contributed by atoms with E-state index < -0.39 is 0 Å². The summed E-state index contributed by atoms with van der Waals surface area (Å²) in [6.07, 6.45) is 6.30. The number of guanidine groups is 1. The van der Waals surface area contributed by atoms with Gasteiger partial charge in [0, 0.05) is 38.9 Å². The Bertz CT molecular complexity index is 665. The van der Waals surface area contributed by atoms with Crippen LogP contribution in [-0.4, -0.2) is 62.4 Å². The third kappa shape index (κ3) is 7.25. The Morgan fingerprint density at radius 3 is 2.60 bits per heavy atom. The van der Waals surface area contributed by atoms with E-state index in [-0.39, 0.29) is 5.54 Å². The van der Waals surface area contributed by atoms with Crippen molar-refractivity contribution in [2.75, 3.05) is 39.9 Å². The highest BCUT2D eigenvalue weighted by molar-refractivity contribution is 5.79. The van der Waals surface area contributed by atoms with Gasteiger partial charge < -0.3 is 20.1 Å². The lowest BCUT2D eigenvalue weighted by molar-refractivity contribution is -0.0390.